The van der Waals surface area contributed by atoms with Gasteiger partial charge in [0.25, 0.3) is 0 Å². The molecule has 4 nitrogen and oxygen atoms in total. The second-order valence-electron chi connectivity index (χ2n) is 10.4. The summed E-state index contributed by atoms with van der Waals surface area (Å²) in [6.07, 6.45) is 4.51. The second-order valence-corrected chi connectivity index (χ2v) is 10.4. The van der Waals surface area contributed by atoms with E-state index in [4.69, 9.17) is 0 Å². The molecule has 0 bridgehead atoms. The van der Waals surface area contributed by atoms with E-state index in [0.29, 0.717) is 11.1 Å². The van der Waals surface area contributed by atoms with Crippen LogP contribution in [0.1, 0.15) is 69.5 Å². The zero-order valence-electron chi connectivity index (χ0n) is 21.5. The molecule has 0 amide bonds. The molecule has 1 aromatic heterocycles. The first-order chi connectivity index (χ1) is 15.3. The van der Waals surface area contributed by atoms with Gasteiger partial charge in [0.05, 0.1) is 5.69 Å². The smallest absolute Gasteiger partial charge is 0.873 e. The molecule has 0 atom stereocenters. The molecule has 0 saturated heterocycles. The molecule has 1 heterocycles. The van der Waals surface area contributed by atoms with Crippen molar-refractivity contribution in [2.24, 2.45) is 4.99 Å². The molecule has 3 rings (SSSR count). The predicted octanol–water partition coefficient (Wildman–Crippen LogP) is 6.07. The predicted molar refractivity (Wildman–Crippen MR) is 135 cm³/mol. The van der Waals surface area contributed by atoms with Gasteiger partial charge in [-0.15, -0.1) is 11.5 Å². The van der Waals surface area contributed by atoms with Crippen LogP contribution in [-0.4, -0.2) is 11.2 Å². The monoisotopic (exact) mass is 502 g/mol. The fourth-order valence-corrected chi connectivity index (χ4v) is 3.50. The van der Waals surface area contributed by atoms with E-state index < -0.39 is 0 Å². The first-order valence-electron chi connectivity index (χ1n) is 11.3. The van der Waals surface area contributed by atoms with Crippen molar-refractivity contribution in [2.75, 3.05) is 0 Å². The van der Waals surface area contributed by atoms with Crippen LogP contribution in [-0.2, 0) is 33.7 Å². The van der Waals surface area contributed by atoms with Gasteiger partial charge in [-0.1, -0.05) is 89.1 Å². The molecule has 0 N–H and O–H groups in total. The van der Waals surface area contributed by atoms with E-state index in [9.17, 15) is 10.2 Å². The van der Waals surface area contributed by atoms with E-state index in [1.807, 2.05) is 72.2 Å². The number of para-hydroxylation sites is 1. The third kappa shape index (κ3) is 7.99. The van der Waals surface area contributed by atoms with Crippen molar-refractivity contribution in [1.82, 2.24) is 4.98 Å². The van der Waals surface area contributed by atoms with Crippen LogP contribution in [0.4, 0.5) is 5.69 Å². The van der Waals surface area contributed by atoms with Gasteiger partial charge in [-0.25, -0.2) is 0 Å². The average molecular weight is 503 g/mol. The van der Waals surface area contributed by atoms with Gasteiger partial charge in [-0.3, -0.25) is 9.98 Å². The molecule has 0 saturated carbocycles. The summed E-state index contributed by atoms with van der Waals surface area (Å²) in [5, 5.41) is 23.9. The maximum atomic E-state index is 12.0. The Kier molecular flexibility index (Phi) is 10.5. The summed E-state index contributed by atoms with van der Waals surface area (Å²) in [5.74, 6) is -0.695. The van der Waals surface area contributed by atoms with Crippen LogP contribution in [0.2, 0.25) is 0 Å². The maximum absolute atomic E-state index is 12.0. The minimum atomic E-state index is -0.347. The molecule has 0 radical (unpaired) electrons. The van der Waals surface area contributed by atoms with Crippen LogP contribution >= 0.6 is 0 Å². The Labute approximate surface area is 215 Å². The van der Waals surface area contributed by atoms with Crippen molar-refractivity contribution in [1.29, 1.82) is 0 Å². The van der Waals surface area contributed by atoms with Crippen molar-refractivity contribution in [3.63, 3.8) is 0 Å². The topological polar surface area (TPSA) is 71.4 Å². The van der Waals surface area contributed by atoms with Crippen LogP contribution in [0.25, 0.3) is 0 Å². The Morgan fingerprint density at radius 2 is 1.26 bits per heavy atom. The molecule has 0 unspecified atom stereocenters. The summed E-state index contributed by atoms with van der Waals surface area (Å²) in [6.45, 7) is 15.8. The van der Waals surface area contributed by atoms with Crippen LogP contribution in [0.15, 0.2) is 59.7 Å². The van der Waals surface area contributed by atoms with E-state index in [0.717, 1.165) is 17.8 Å². The second kappa shape index (κ2) is 12.2. The van der Waals surface area contributed by atoms with Gasteiger partial charge in [0.2, 0.25) is 0 Å². The van der Waals surface area contributed by atoms with Crippen LogP contribution in [0.5, 0.6) is 11.5 Å². The molecular formula is C29H36N2NiO2. The maximum Gasteiger partial charge on any atom is 2.00 e. The minimum Gasteiger partial charge on any atom is -0.873 e. The van der Waals surface area contributed by atoms with E-state index in [1.165, 1.54) is 11.1 Å². The van der Waals surface area contributed by atoms with Gasteiger partial charge in [0, 0.05) is 24.5 Å². The molecule has 5 heteroatoms. The quantitative estimate of drug-likeness (QED) is 0.322. The summed E-state index contributed by atoms with van der Waals surface area (Å²) >= 11 is 0. The van der Waals surface area contributed by atoms with Gasteiger partial charge in [-0.05, 0) is 47.9 Å². The van der Waals surface area contributed by atoms with Crippen molar-refractivity contribution in [3.8, 4) is 11.5 Å². The standard InChI is InChI=1S/C15H16N2.C14H22O2.Ni/c1-12-6-5-7-13(2)15(12)17-11-9-14-8-3-4-10-16-14;1-13(2,3)9-7-8-10(14(4,5)6)12(16)11(9)15;/h3-8,10-11H,9H2,1-2H3;7-8,15-16H,1-6H3;/q;;+2/p-2. The number of hydrogen-bond donors (Lipinski definition) is 0. The van der Waals surface area contributed by atoms with Crippen LogP contribution in [0.3, 0.4) is 0 Å². The van der Waals surface area contributed by atoms with Crippen molar-refractivity contribution < 1.29 is 26.7 Å². The third-order valence-electron chi connectivity index (χ3n) is 5.41. The molecule has 0 aliphatic carbocycles. The zero-order valence-corrected chi connectivity index (χ0v) is 22.5. The number of aromatic nitrogens is 1. The van der Waals surface area contributed by atoms with E-state index >= 15 is 0 Å². The Hall–Kier alpha value is -2.65. The van der Waals surface area contributed by atoms with Crippen LogP contribution < -0.4 is 10.2 Å². The van der Waals surface area contributed by atoms with Gasteiger partial charge in [-0.2, -0.15) is 0 Å². The molecule has 0 aliphatic rings. The first kappa shape index (κ1) is 29.4. The fraction of sp³-hybridized carbons (Fsp3) is 0.379. The summed E-state index contributed by atoms with van der Waals surface area (Å²) in [7, 11) is 0. The van der Waals surface area contributed by atoms with Crippen molar-refractivity contribution in [3.05, 3.63) is 82.7 Å². The van der Waals surface area contributed by atoms with Crippen molar-refractivity contribution in [2.45, 2.75) is 72.6 Å². The number of aliphatic imine (C=N–C) groups is 1. The molecule has 0 spiro atoms. The number of pyridine rings is 1. The SMILES string of the molecule is CC(C)(C)c1ccc(C(C)(C)C)c([O-])c1[O-].Cc1cccc(C)c1N=CCc1ccccn1.[Ni+2]. The third-order valence-corrected chi connectivity index (χ3v) is 5.41. The Morgan fingerprint density at radius 1 is 0.765 bits per heavy atom. The number of hydrogen-bond acceptors (Lipinski definition) is 4. The number of aryl methyl sites for hydroxylation is 2. The Balaban J connectivity index is 0.000000331. The summed E-state index contributed by atoms with van der Waals surface area (Å²) in [6, 6.07) is 15.7. The molecule has 3 aromatic rings. The summed E-state index contributed by atoms with van der Waals surface area (Å²) < 4.78 is 0. The van der Waals surface area contributed by atoms with Gasteiger partial charge >= 0.3 is 16.5 Å². The summed E-state index contributed by atoms with van der Waals surface area (Å²) in [4.78, 5) is 8.80. The molecular weight excluding hydrogens is 467 g/mol. The van der Waals surface area contributed by atoms with Gasteiger partial charge in [0.15, 0.2) is 0 Å². The van der Waals surface area contributed by atoms with Gasteiger partial charge in [0.1, 0.15) is 0 Å². The van der Waals surface area contributed by atoms with Gasteiger partial charge < -0.3 is 10.2 Å². The van der Waals surface area contributed by atoms with Crippen LogP contribution in [0, 0.1) is 13.8 Å². The van der Waals surface area contributed by atoms with E-state index in [-0.39, 0.29) is 38.8 Å². The largest absolute Gasteiger partial charge is 2.00 e. The number of rotatable bonds is 3. The zero-order chi connectivity index (χ0) is 24.8. The molecule has 2 aromatic carbocycles. The fourth-order valence-electron chi connectivity index (χ4n) is 3.50. The minimum absolute atomic E-state index is 0. The number of nitrogens with zero attached hydrogens (tertiary/aromatic N) is 2. The van der Waals surface area contributed by atoms with Crippen molar-refractivity contribution >= 4 is 11.9 Å². The molecule has 184 valence electrons. The Morgan fingerprint density at radius 3 is 1.68 bits per heavy atom. The Bertz CT molecular complexity index is 1040. The van der Waals surface area contributed by atoms with E-state index in [2.05, 4.69) is 42.0 Å². The first-order valence-corrected chi connectivity index (χ1v) is 11.3. The molecule has 0 aliphatic heterocycles. The normalized spacial score (nSPS) is 11.5. The summed E-state index contributed by atoms with van der Waals surface area (Å²) in [5.41, 5.74) is 5.20. The number of benzene rings is 2. The molecule has 34 heavy (non-hydrogen) atoms. The van der Waals surface area contributed by atoms with E-state index in [1.54, 1.807) is 12.1 Å². The molecule has 0 fully saturated rings. The average Bonchev–Trinajstić information content (AvgIpc) is 2.71.